The lowest BCUT2D eigenvalue weighted by Gasteiger charge is -2.22. The Morgan fingerprint density at radius 3 is 2.75 bits per heavy atom. The lowest BCUT2D eigenvalue weighted by Crippen LogP contribution is -2.40. The summed E-state index contributed by atoms with van der Waals surface area (Å²) in [6, 6.07) is 3.78. The number of carboxylic acid groups (broad SMARTS) is 1. The van der Waals surface area contributed by atoms with Gasteiger partial charge in [0.05, 0.1) is 12.0 Å². The number of carboxylic acids is 1. The fraction of sp³-hybridized carbons (Fsp3) is 0.462. The second kappa shape index (κ2) is 5.41. The molecule has 110 valence electrons. The fourth-order valence-corrected chi connectivity index (χ4v) is 4.28. The van der Waals surface area contributed by atoms with Crippen molar-refractivity contribution in [3.8, 4) is 5.75 Å². The summed E-state index contributed by atoms with van der Waals surface area (Å²) < 4.78 is 31.4. The van der Waals surface area contributed by atoms with Gasteiger partial charge in [-0.2, -0.15) is 4.31 Å². The number of nitrogens with zero attached hydrogens (tertiary/aromatic N) is 1. The molecular formula is C13H17NO5S. The van der Waals surface area contributed by atoms with Crippen LogP contribution in [-0.4, -0.2) is 43.5 Å². The predicted octanol–water partition coefficient (Wildman–Crippen LogP) is 1.24. The molecule has 1 N–H and O–H groups in total. The van der Waals surface area contributed by atoms with Crippen LogP contribution in [0.3, 0.4) is 0 Å². The third-order valence-corrected chi connectivity index (χ3v) is 5.52. The zero-order chi connectivity index (χ0) is 14.9. The SMILES string of the molecule is COc1ccc(C)c(S(=O)(=O)N2CCCC2C(=O)O)c1. The fourth-order valence-electron chi connectivity index (χ4n) is 2.39. The third-order valence-electron chi connectivity index (χ3n) is 3.47. The van der Waals surface area contributed by atoms with Gasteiger partial charge in [-0.15, -0.1) is 0 Å². The van der Waals surface area contributed by atoms with E-state index in [1.165, 1.54) is 13.2 Å². The molecule has 20 heavy (non-hydrogen) atoms. The van der Waals surface area contributed by atoms with Crippen molar-refractivity contribution < 1.29 is 23.1 Å². The molecule has 1 fully saturated rings. The Balaban J connectivity index is 2.47. The van der Waals surface area contributed by atoms with Gasteiger partial charge in [0.25, 0.3) is 0 Å². The first kappa shape index (κ1) is 14.8. The van der Waals surface area contributed by atoms with Gasteiger partial charge >= 0.3 is 5.97 Å². The summed E-state index contributed by atoms with van der Waals surface area (Å²) in [6.45, 7) is 1.91. The molecule has 6 nitrogen and oxygen atoms in total. The zero-order valence-corrected chi connectivity index (χ0v) is 12.2. The van der Waals surface area contributed by atoms with Crippen molar-refractivity contribution >= 4 is 16.0 Å². The molecule has 2 rings (SSSR count). The normalized spacial score (nSPS) is 20.0. The summed E-state index contributed by atoms with van der Waals surface area (Å²) in [7, 11) is -2.37. The van der Waals surface area contributed by atoms with E-state index in [2.05, 4.69) is 0 Å². The number of sulfonamides is 1. The van der Waals surface area contributed by atoms with Crippen LogP contribution in [0.4, 0.5) is 0 Å². The molecule has 0 aromatic heterocycles. The smallest absolute Gasteiger partial charge is 0.322 e. The molecular weight excluding hydrogens is 282 g/mol. The Morgan fingerprint density at radius 2 is 2.15 bits per heavy atom. The second-order valence-corrected chi connectivity index (χ2v) is 6.60. The van der Waals surface area contributed by atoms with Gasteiger partial charge in [-0.05, 0) is 31.4 Å². The number of hydrogen-bond acceptors (Lipinski definition) is 4. The molecule has 0 bridgehead atoms. The van der Waals surface area contributed by atoms with E-state index >= 15 is 0 Å². The molecule has 1 saturated heterocycles. The van der Waals surface area contributed by atoms with Crippen molar-refractivity contribution in [2.75, 3.05) is 13.7 Å². The molecule has 0 aliphatic carbocycles. The minimum Gasteiger partial charge on any atom is -0.497 e. The number of benzene rings is 1. The average Bonchev–Trinajstić information content (AvgIpc) is 2.89. The maximum absolute atomic E-state index is 12.6. The summed E-state index contributed by atoms with van der Waals surface area (Å²) in [5.41, 5.74) is 0.571. The van der Waals surface area contributed by atoms with Gasteiger partial charge in [-0.3, -0.25) is 4.79 Å². The average molecular weight is 299 g/mol. The predicted molar refractivity (Wildman–Crippen MR) is 72.3 cm³/mol. The first-order valence-electron chi connectivity index (χ1n) is 6.27. The quantitative estimate of drug-likeness (QED) is 0.904. The summed E-state index contributed by atoms with van der Waals surface area (Å²) in [6.07, 6.45) is 0.900. The van der Waals surface area contributed by atoms with E-state index in [1.54, 1.807) is 19.1 Å². The molecule has 0 spiro atoms. The molecule has 1 aliphatic heterocycles. The molecule has 1 atom stereocenters. The standard InChI is InChI=1S/C13H17NO5S/c1-9-5-6-10(19-2)8-12(9)20(17,18)14-7-3-4-11(14)13(15)16/h5-6,8,11H,3-4,7H2,1-2H3,(H,15,16). The first-order valence-corrected chi connectivity index (χ1v) is 7.71. The maximum Gasteiger partial charge on any atom is 0.322 e. The molecule has 0 amide bonds. The van der Waals surface area contributed by atoms with Crippen LogP contribution in [0.1, 0.15) is 18.4 Å². The van der Waals surface area contributed by atoms with Crippen molar-refractivity contribution in [2.24, 2.45) is 0 Å². The number of carbonyl (C=O) groups is 1. The molecule has 1 aromatic carbocycles. The number of hydrogen-bond donors (Lipinski definition) is 1. The molecule has 1 aromatic rings. The van der Waals surface area contributed by atoms with Crippen LogP contribution < -0.4 is 4.74 Å². The monoisotopic (exact) mass is 299 g/mol. The Morgan fingerprint density at radius 1 is 1.45 bits per heavy atom. The molecule has 1 unspecified atom stereocenters. The van der Waals surface area contributed by atoms with Crippen LogP contribution in [0.15, 0.2) is 23.1 Å². The summed E-state index contributed by atoms with van der Waals surface area (Å²) in [4.78, 5) is 11.3. The van der Waals surface area contributed by atoms with Gasteiger partial charge in [0.2, 0.25) is 10.0 Å². The minimum absolute atomic E-state index is 0.102. The Labute approximate surface area is 118 Å². The van der Waals surface area contributed by atoms with E-state index in [-0.39, 0.29) is 11.4 Å². The lowest BCUT2D eigenvalue weighted by molar-refractivity contribution is -0.140. The van der Waals surface area contributed by atoms with Crippen LogP contribution >= 0.6 is 0 Å². The van der Waals surface area contributed by atoms with Gasteiger partial charge in [0.15, 0.2) is 0 Å². The number of rotatable bonds is 4. The summed E-state index contributed by atoms with van der Waals surface area (Å²) in [5, 5.41) is 9.13. The van der Waals surface area contributed by atoms with E-state index in [4.69, 9.17) is 9.84 Å². The third kappa shape index (κ3) is 2.51. The van der Waals surface area contributed by atoms with E-state index in [1.807, 2.05) is 0 Å². The second-order valence-electron chi connectivity index (χ2n) is 4.74. The van der Waals surface area contributed by atoms with Crippen molar-refractivity contribution in [1.29, 1.82) is 0 Å². The Kier molecular flexibility index (Phi) is 4.01. The van der Waals surface area contributed by atoms with Crippen LogP contribution in [0.25, 0.3) is 0 Å². The number of ether oxygens (including phenoxy) is 1. The van der Waals surface area contributed by atoms with E-state index in [9.17, 15) is 13.2 Å². The van der Waals surface area contributed by atoms with Crippen LogP contribution in [0.5, 0.6) is 5.75 Å². The molecule has 1 heterocycles. The van der Waals surface area contributed by atoms with Gasteiger partial charge in [-0.25, -0.2) is 8.42 Å². The summed E-state index contributed by atoms with van der Waals surface area (Å²) >= 11 is 0. The van der Waals surface area contributed by atoms with E-state index in [0.29, 0.717) is 24.2 Å². The largest absolute Gasteiger partial charge is 0.497 e. The number of aliphatic carboxylic acids is 1. The lowest BCUT2D eigenvalue weighted by atomic mass is 10.2. The highest BCUT2D eigenvalue weighted by atomic mass is 32.2. The highest BCUT2D eigenvalue weighted by Gasteiger charge is 2.40. The molecule has 0 radical (unpaired) electrons. The van der Waals surface area contributed by atoms with Gasteiger partial charge in [0, 0.05) is 12.6 Å². The van der Waals surface area contributed by atoms with Gasteiger partial charge in [-0.1, -0.05) is 6.07 Å². The Bertz CT molecular complexity index is 626. The van der Waals surface area contributed by atoms with Crippen molar-refractivity contribution in [1.82, 2.24) is 4.31 Å². The molecule has 1 aliphatic rings. The Hall–Kier alpha value is -1.60. The van der Waals surface area contributed by atoms with Gasteiger partial charge in [0.1, 0.15) is 11.8 Å². The number of aryl methyl sites for hydroxylation is 1. The summed E-state index contributed by atoms with van der Waals surface area (Å²) in [5.74, 6) is -0.674. The van der Waals surface area contributed by atoms with E-state index in [0.717, 1.165) is 4.31 Å². The number of methoxy groups -OCH3 is 1. The van der Waals surface area contributed by atoms with Crippen LogP contribution in [0, 0.1) is 6.92 Å². The van der Waals surface area contributed by atoms with Crippen molar-refractivity contribution in [3.05, 3.63) is 23.8 Å². The highest BCUT2D eigenvalue weighted by molar-refractivity contribution is 7.89. The van der Waals surface area contributed by atoms with Gasteiger partial charge < -0.3 is 9.84 Å². The highest BCUT2D eigenvalue weighted by Crippen LogP contribution is 2.30. The molecule has 0 saturated carbocycles. The van der Waals surface area contributed by atoms with Crippen molar-refractivity contribution in [3.63, 3.8) is 0 Å². The maximum atomic E-state index is 12.6. The topological polar surface area (TPSA) is 83.9 Å². The van der Waals surface area contributed by atoms with Crippen LogP contribution in [-0.2, 0) is 14.8 Å². The van der Waals surface area contributed by atoms with E-state index < -0.39 is 22.0 Å². The van der Waals surface area contributed by atoms with Crippen molar-refractivity contribution in [2.45, 2.75) is 30.7 Å². The zero-order valence-electron chi connectivity index (χ0n) is 11.4. The minimum atomic E-state index is -3.82. The van der Waals surface area contributed by atoms with Crippen LogP contribution in [0.2, 0.25) is 0 Å². The molecule has 7 heteroatoms. The first-order chi connectivity index (χ1) is 9.37.